The standard InChI is InChI=1S/C12H11N5S/c1-6-5-8-10(13)16-11(17-12(8)18-6)9-3-4-14-7(2)15-9/h3-5H,1-2H3,(H2,13,16,17). The summed E-state index contributed by atoms with van der Waals surface area (Å²) in [6.07, 6.45) is 1.70. The molecule has 2 N–H and O–H groups in total. The van der Waals surface area contributed by atoms with Crippen LogP contribution in [0, 0.1) is 13.8 Å². The van der Waals surface area contributed by atoms with Crippen molar-refractivity contribution in [2.45, 2.75) is 13.8 Å². The van der Waals surface area contributed by atoms with Gasteiger partial charge in [0.25, 0.3) is 0 Å². The van der Waals surface area contributed by atoms with Crippen LogP contribution in [0.25, 0.3) is 21.7 Å². The van der Waals surface area contributed by atoms with Crippen LogP contribution in [0.5, 0.6) is 0 Å². The van der Waals surface area contributed by atoms with Gasteiger partial charge in [0.15, 0.2) is 5.82 Å². The highest BCUT2D eigenvalue weighted by Crippen LogP contribution is 2.28. The molecule has 0 spiro atoms. The minimum atomic E-state index is 0.496. The molecule has 0 saturated heterocycles. The van der Waals surface area contributed by atoms with E-state index in [-0.39, 0.29) is 0 Å². The van der Waals surface area contributed by atoms with E-state index in [1.807, 2.05) is 19.9 Å². The van der Waals surface area contributed by atoms with E-state index in [9.17, 15) is 0 Å². The molecule has 5 nitrogen and oxygen atoms in total. The summed E-state index contributed by atoms with van der Waals surface area (Å²) in [5.41, 5.74) is 6.65. The molecule has 0 aromatic carbocycles. The average Bonchev–Trinajstić information content (AvgIpc) is 2.70. The van der Waals surface area contributed by atoms with E-state index in [0.29, 0.717) is 23.2 Å². The molecule has 3 aromatic heterocycles. The summed E-state index contributed by atoms with van der Waals surface area (Å²) in [4.78, 5) is 19.2. The van der Waals surface area contributed by atoms with E-state index in [1.165, 1.54) is 4.88 Å². The highest BCUT2D eigenvalue weighted by molar-refractivity contribution is 7.18. The minimum absolute atomic E-state index is 0.496. The van der Waals surface area contributed by atoms with Gasteiger partial charge in [0.05, 0.1) is 5.39 Å². The van der Waals surface area contributed by atoms with E-state index >= 15 is 0 Å². The lowest BCUT2D eigenvalue weighted by Crippen LogP contribution is -1.98. The zero-order valence-corrected chi connectivity index (χ0v) is 10.8. The van der Waals surface area contributed by atoms with E-state index in [2.05, 4.69) is 19.9 Å². The van der Waals surface area contributed by atoms with Gasteiger partial charge < -0.3 is 5.73 Å². The van der Waals surface area contributed by atoms with E-state index in [4.69, 9.17) is 5.73 Å². The van der Waals surface area contributed by atoms with Crippen LogP contribution in [0.2, 0.25) is 0 Å². The van der Waals surface area contributed by atoms with Crippen LogP contribution in [0.15, 0.2) is 18.3 Å². The molecule has 0 saturated carbocycles. The normalized spacial score (nSPS) is 11.0. The molecule has 0 atom stereocenters. The maximum atomic E-state index is 5.96. The Morgan fingerprint density at radius 3 is 2.78 bits per heavy atom. The molecular formula is C12H11N5S. The molecule has 0 unspecified atom stereocenters. The maximum Gasteiger partial charge on any atom is 0.181 e. The Hall–Kier alpha value is -2.08. The van der Waals surface area contributed by atoms with Gasteiger partial charge in [-0.2, -0.15) is 0 Å². The number of hydrogen-bond acceptors (Lipinski definition) is 6. The maximum absolute atomic E-state index is 5.96. The van der Waals surface area contributed by atoms with E-state index in [1.54, 1.807) is 23.6 Å². The van der Waals surface area contributed by atoms with Crippen molar-refractivity contribution in [1.29, 1.82) is 0 Å². The lowest BCUT2D eigenvalue weighted by molar-refractivity contribution is 1.04. The molecule has 0 radical (unpaired) electrons. The fourth-order valence-electron chi connectivity index (χ4n) is 1.76. The molecule has 0 bridgehead atoms. The van der Waals surface area contributed by atoms with Crippen molar-refractivity contribution in [3.05, 3.63) is 29.0 Å². The predicted octanol–water partition coefficient (Wildman–Crippen LogP) is 2.35. The van der Waals surface area contributed by atoms with Gasteiger partial charge in [-0.15, -0.1) is 11.3 Å². The highest BCUT2D eigenvalue weighted by atomic mass is 32.1. The van der Waals surface area contributed by atoms with Gasteiger partial charge in [-0.05, 0) is 26.0 Å². The smallest absolute Gasteiger partial charge is 0.181 e. The first-order valence-electron chi connectivity index (χ1n) is 5.47. The van der Waals surface area contributed by atoms with Crippen LogP contribution in [-0.4, -0.2) is 19.9 Å². The largest absolute Gasteiger partial charge is 0.383 e. The summed E-state index contributed by atoms with van der Waals surface area (Å²) in [6.45, 7) is 3.86. The fourth-order valence-corrected chi connectivity index (χ4v) is 2.65. The van der Waals surface area contributed by atoms with Gasteiger partial charge in [-0.25, -0.2) is 19.9 Å². The molecule has 0 aliphatic rings. The average molecular weight is 257 g/mol. The van der Waals surface area contributed by atoms with Crippen molar-refractivity contribution in [3.63, 3.8) is 0 Å². The first kappa shape index (κ1) is 11.0. The molecule has 0 fully saturated rings. The number of nitrogen functional groups attached to an aromatic ring is 1. The van der Waals surface area contributed by atoms with Crippen molar-refractivity contribution >= 4 is 27.4 Å². The van der Waals surface area contributed by atoms with Crippen molar-refractivity contribution < 1.29 is 0 Å². The summed E-state index contributed by atoms with van der Waals surface area (Å²) in [7, 11) is 0. The number of nitrogens with two attached hydrogens (primary N) is 1. The van der Waals surface area contributed by atoms with Crippen LogP contribution in [0.1, 0.15) is 10.7 Å². The van der Waals surface area contributed by atoms with Crippen molar-refractivity contribution in [3.8, 4) is 11.5 Å². The molecule has 0 amide bonds. The van der Waals surface area contributed by atoms with Crippen LogP contribution < -0.4 is 5.73 Å². The molecule has 0 aliphatic carbocycles. The van der Waals surface area contributed by atoms with E-state index < -0.39 is 0 Å². The molecule has 3 aromatic rings. The Morgan fingerprint density at radius 2 is 2.00 bits per heavy atom. The summed E-state index contributed by atoms with van der Waals surface area (Å²) in [6, 6.07) is 3.79. The number of rotatable bonds is 1. The van der Waals surface area contributed by atoms with Gasteiger partial charge in [0.1, 0.15) is 22.2 Å². The Labute approximate surface area is 108 Å². The summed E-state index contributed by atoms with van der Waals surface area (Å²) in [5, 5.41) is 0.909. The first-order valence-corrected chi connectivity index (χ1v) is 6.29. The van der Waals surface area contributed by atoms with Crippen molar-refractivity contribution in [1.82, 2.24) is 19.9 Å². The second kappa shape index (κ2) is 3.99. The third kappa shape index (κ3) is 1.80. The summed E-state index contributed by atoms with van der Waals surface area (Å²) >= 11 is 1.60. The minimum Gasteiger partial charge on any atom is -0.383 e. The Morgan fingerprint density at radius 1 is 1.17 bits per heavy atom. The Balaban J connectivity index is 2.24. The van der Waals surface area contributed by atoms with Crippen LogP contribution in [0.3, 0.4) is 0 Å². The van der Waals surface area contributed by atoms with Gasteiger partial charge >= 0.3 is 0 Å². The zero-order chi connectivity index (χ0) is 12.7. The molecule has 90 valence electrons. The van der Waals surface area contributed by atoms with Gasteiger partial charge in [0.2, 0.25) is 0 Å². The second-order valence-corrected chi connectivity index (χ2v) is 5.23. The van der Waals surface area contributed by atoms with Gasteiger partial charge in [-0.3, -0.25) is 0 Å². The number of hydrogen-bond donors (Lipinski definition) is 1. The lowest BCUT2D eigenvalue weighted by Gasteiger charge is -2.02. The molecule has 3 heterocycles. The lowest BCUT2D eigenvalue weighted by atomic mass is 10.3. The molecule has 18 heavy (non-hydrogen) atoms. The SMILES string of the molecule is Cc1nccc(-c2nc(N)c3cc(C)sc3n2)n1. The van der Waals surface area contributed by atoms with Crippen LogP contribution in [-0.2, 0) is 0 Å². The van der Waals surface area contributed by atoms with Gasteiger partial charge in [0, 0.05) is 11.1 Å². The van der Waals surface area contributed by atoms with Crippen molar-refractivity contribution in [2.75, 3.05) is 5.73 Å². The number of fused-ring (bicyclic) bond motifs is 1. The van der Waals surface area contributed by atoms with Gasteiger partial charge in [-0.1, -0.05) is 0 Å². The third-order valence-corrected chi connectivity index (χ3v) is 3.49. The Kier molecular flexibility index (Phi) is 2.45. The number of anilines is 1. The third-order valence-electron chi connectivity index (χ3n) is 2.55. The van der Waals surface area contributed by atoms with Crippen LogP contribution in [0.4, 0.5) is 5.82 Å². The number of thiophene rings is 1. The van der Waals surface area contributed by atoms with Crippen molar-refractivity contribution in [2.24, 2.45) is 0 Å². The van der Waals surface area contributed by atoms with Crippen LogP contribution >= 0.6 is 11.3 Å². The van der Waals surface area contributed by atoms with E-state index in [0.717, 1.165) is 10.2 Å². The Bertz CT molecular complexity index is 734. The number of nitrogens with zero attached hydrogens (tertiary/aromatic N) is 4. The number of aryl methyl sites for hydroxylation is 2. The second-order valence-electron chi connectivity index (χ2n) is 4.00. The fraction of sp³-hybridized carbons (Fsp3) is 0.167. The highest BCUT2D eigenvalue weighted by Gasteiger charge is 2.10. The predicted molar refractivity (Wildman–Crippen MR) is 72.3 cm³/mol. The molecular weight excluding hydrogens is 246 g/mol. The topological polar surface area (TPSA) is 77.6 Å². The molecule has 3 rings (SSSR count). The number of aromatic nitrogens is 4. The molecule has 0 aliphatic heterocycles. The quantitative estimate of drug-likeness (QED) is 0.724. The zero-order valence-electron chi connectivity index (χ0n) is 10.0. The molecule has 6 heteroatoms. The summed E-state index contributed by atoms with van der Waals surface area (Å²) in [5.74, 6) is 1.74. The first-order chi connectivity index (χ1) is 8.63. The monoisotopic (exact) mass is 257 g/mol. The summed E-state index contributed by atoms with van der Waals surface area (Å²) < 4.78 is 0.